The van der Waals surface area contributed by atoms with Crippen molar-refractivity contribution < 1.29 is 9.53 Å². The summed E-state index contributed by atoms with van der Waals surface area (Å²) < 4.78 is 5.21. The molecule has 5 heteroatoms. The minimum absolute atomic E-state index is 0.324. The molecular weight excluding hydrogens is 344 g/mol. The van der Waals surface area contributed by atoms with Crippen molar-refractivity contribution in [1.29, 1.82) is 0 Å². The van der Waals surface area contributed by atoms with E-state index in [4.69, 9.17) is 4.74 Å². The number of ether oxygens (including phenoxy) is 1. The molecule has 1 aromatic rings. The molecule has 1 aromatic carbocycles. The Kier molecular flexibility index (Phi) is 7.69. The van der Waals surface area contributed by atoms with Crippen molar-refractivity contribution in [3.8, 4) is 5.75 Å². The minimum Gasteiger partial charge on any atom is -0.497 e. The number of nitrogens with zero attached hydrogens (tertiary/aromatic N) is 2. The lowest BCUT2D eigenvalue weighted by Crippen LogP contribution is -2.49. The Hall–Kier alpha value is -1.20. The number of benzene rings is 1. The van der Waals surface area contributed by atoms with Crippen LogP contribution in [0.5, 0.6) is 5.75 Å². The van der Waals surface area contributed by atoms with Crippen molar-refractivity contribution in [2.24, 2.45) is 0 Å². The number of thioether (sulfide) groups is 1. The maximum Gasteiger partial charge on any atom is 0.223 e. The number of methoxy groups -OCH3 is 1. The van der Waals surface area contributed by atoms with Crippen molar-refractivity contribution in [3.05, 3.63) is 29.8 Å². The van der Waals surface area contributed by atoms with Gasteiger partial charge in [-0.05, 0) is 62.2 Å². The van der Waals surface area contributed by atoms with Gasteiger partial charge < -0.3 is 14.5 Å². The van der Waals surface area contributed by atoms with Gasteiger partial charge in [0.2, 0.25) is 5.91 Å². The van der Waals surface area contributed by atoms with Crippen LogP contribution in [-0.2, 0) is 11.2 Å². The first kappa shape index (κ1) is 19.6. The highest BCUT2D eigenvalue weighted by Crippen LogP contribution is 2.21. The average Bonchev–Trinajstić information content (AvgIpc) is 2.93. The van der Waals surface area contributed by atoms with Crippen LogP contribution in [0.3, 0.4) is 0 Å². The van der Waals surface area contributed by atoms with Gasteiger partial charge in [-0.15, -0.1) is 0 Å². The zero-order chi connectivity index (χ0) is 18.2. The van der Waals surface area contributed by atoms with Gasteiger partial charge >= 0.3 is 0 Å². The van der Waals surface area contributed by atoms with Gasteiger partial charge in [-0.25, -0.2) is 0 Å². The van der Waals surface area contributed by atoms with E-state index in [0.29, 0.717) is 18.4 Å². The quantitative estimate of drug-likeness (QED) is 0.761. The largest absolute Gasteiger partial charge is 0.497 e. The number of piperidine rings is 1. The van der Waals surface area contributed by atoms with E-state index in [2.05, 4.69) is 21.9 Å². The molecule has 0 radical (unpaired) electrons. The lowest BCUT2D eigenvalue weighted by Gasteiger charge is -2.36. The van der Waals surface area contributed by atoms with E-state index in [1.807, 2.05) is 23.9 Å². The Morgan fingerprint density at radius 3 is 2.62 bits per heavy atom. The lowest BCUT2D eigenvalue weighted by atomic mass is 10.1. The molecule has 4 nitrogen and oxygen atoms in total. The number of carbonyl (C=O) groups excluding carboxylic acids is 1. The fraction of sp³-hybridized carbons (Fsp3) is 0.667. The molecule has 1 amide bonds. The number of hydrogen-bond acceptors (Lipinski definition) is 4. The SMILES string of the molecule is COc1ccc(CCC(=O)N2CCCSCC2CN2CCCCC2)cc1. The molecular formula is C21H32N2O2S. The molecule has 0 saturated carbocycles. The third-order valence-corrected chi connectivity index (χ3v) is 6.66. The lowest BCUT2D eigenvalue weighted by molar-refractivity contribution is -0.133. The van der Waals surface area contributed by atoms with Crippen molar-refractivity contribution >= 4 is 17.7 Å². The summed E-state index contributed by atoms with van der Waals surface area (Å²) in [7, 11) is 1.68. The molecule has 1 unspecified atom stereocenters. The molecule has 0 aliphatic carbocycles. The van der Waals surface area contributed by atoms with Gasteiger partial charge in [0.05, 0.1) is 13.2 Å². The molecule has 144 valence electrons. The zero-order valence-corrected chi connectivity index (χ0v) is 16.8. The maximum absolute atomic E-state index is 13.0. The van der Waals surface area contributed by atoms with E-state index >= 15 is 0 Å². The van der Waals surface area contributed by atoms with Crippen molar-refractivity contribution in [1.82, 2.24) is 9.80 Å². The summed E-state index contributed by atoms with van der Waals surface area (Å²) in [5, 5.41) is 0. The summed E-state index contributed by atoms with van der Waals surface area (Å²) in [6, 6.07) is 8.46. The van der Waals surface area contributed by atoms with E-state index in [0.717, 1.165) is 37.4 Å². The molecule has 2 aliphatic heterocycles. The predicted octanol–water partition coefficient (Wildman–Crippen LogP) is 3.45. The molecule has 26 heavy (non-hydrogen) atoms. The molecule has 0 spiro atoms. The first-order valence-electron chi connectivity index (χ1n) is 9.99. The molecule has 2 saturated heterocycles. The van der Waals surface area contributed by atoms with Gasteiger partial charge in [-0.1, -0.05) is 18.6 Å². The first-order chi connectivity index (χ1) is 12.8. The molecule has 0 N–H and O–H groups in total. The van der Waals surface area contributed by atoms with E-state index in [1.54, 1.807) is 7.11 Å². The fourth-order valence-electron chi connectivity index (χ4n) is 3.94. The normalized spacial score (nSPS) is 22.0. The van der Waals surface area contributed by atoms with Crippen LogP contribution in [-0.4, -0.2) is 66.5 Å². The summed E-state index contributed by atoms with van der Waals surface area (Å²) in [4.78, 5) is 17.7. The smallest absolute Gasteiger partial charge is 0.223 e. The molecule has 0 bridgehead atoms. The van der Waals surface area contributed by atoms with E-state index in [-0.39, 0.29) is 0 Å². The Balaban J connectivity index is 1.56. The topological polar surface area (TPSA) is 32.8 Å². The van der Waals surface area contributed by atoms with Gasteiger partial charge in [0.25, 0.3) is 0 Å². The molecule has 2 fully saturated rings. The van der Waals surface area contributed by atoms with E-state index in [9.17, 15) is 4.79 Å². The number of aryl methyl sites for hydroxylation is 1. The van der Waals surface area contributed by atoms with Crippen molar-refractivity contribution in [2.75, 3.05) is 44.8 Å². The highest BCUT2D eigenvalue weighted by molar-refractivity contribution is 7.99. The molecule has 1 atom stereocenters. The van der Waals surface area contributed by atoms with Gasteiger partial charge in [0.1, 0.15) is 5.75 Å². The summed E-state index contributed by atoms with van der Waals surface area (Å²) in [5.74, 6) is 3.46. The van der Waals surface area contributed by atoms with Crippen LogP contribution in [0.1, 0.15) is 37.7 Å². The van der Waals surface area contributed by atoms with Gasteiger partial charge in [-0.3, -0.25) is 4.79 Å². The standard InChI is InChI=1S/C21H32N2O2S/c1-25-20-9-6-18(7-10-20)8-11-21(24)23-14-5-15-26-17-19(23)16-22-12-3-2-4-13-22/h6-7,9-10,19H,2-5,8,11-17H2,1H3. The molecule has 2 aliphatic rings. The number of likely N-dealkylation sites (tertiary alicyclic amines) is 1. The number of rotatable bonds is 6. The third kappa shape index (κ3) is 5.65. The van der Waals surface area contributed by atoms with Crippen LogP contribution in [0.15, 0.2) is 24.3 Å². The van der Waals surface area contributed by atoms with E-state index < -0.39 is 0 Å². The monoisotopic (exact) mass is 376 g/mol. The van der Waals surface area contributed by atoms with Crippen LogP contribution >= 0.6 is 11.8 Å². The van der Waals surface area contributed by atoms with Gasteiger partial charge in [0, 0.05) is 25.3 Å². The second-order valence-electron chi connectivity index (χ2n) is 7.38. The van der Waals surface area contributed by atoms with Crippen LogP contribution in [0, 0.1) is 0 Å². The van der Waals surface area contributed by atoms with Crippen LogP contribution in [0.4, 0.5) is 0 Å². The predicted molar refractivity (Wildman–Crippen MR) is 109 cm³/mol. The van der Waals surface area contributed by atoms with Gasteiger partial charge in [-0.2, -0.15) is 11.8 Å². The highest BCUT2D eigenvalue weighted by Gasteiger charge is 2.27. The minimum atomic E-state index is 0.324. The second kappa shape index (κ2) is 10.2. The van der Waals surface area contributed by atoms with Crippen molar-refractivity contribution in [3.63, 3.8) is 0 Å². The Labute approximate surface area is 162 Å². The highest BCUT2D eigenvalue weighted by atomic mass is 32.2. The molecule has 2 heterocycles. The van der Waals surface area contributed by atoms with Crippen LogP contribution < -0.4 is 4.74 Å². The summed E-state index contributed by atoms with van der Waals surface area (Å²) >= 11 is 2.02. The third-order valence-electron chi connectivity index (χ3n) is 5.46. The maximum atomic E-state index is 13.0. The first-order valence-corrected chi connectivity index (χ1v) is 11.1. The average molecular weight is 377 g/mol. The van der Waals surface area contributed by atoms with Gasteiger partial charge in [0.15, 0.2) is 0 Å². The summed E-state index contributed by atoms with van der Waals surface area (Å²) in [6.45, 7) is 4.39. The summed E-state index contributed by atoms with van der Waals surface area (Å²) in [6.07, 6.45) is 6.52. The Bertz CT molecular complexity index is 558. The van der Waals surface area contributed by atoms with E-state index in [1.165, 1.54) is 43.7 Å². The molecule has 0 aromatic heterocycles. The van der Waals surface area contributed by atoms with Crippen molar-refractivity contribution in [2.45, 2.75) is 44.6 Å². The summed E-state index contributed by atoms with van der Waals surface area (Å²) in [5.41, 5.74) is 1.20. The van der Waals surface area contributed by atoms with Crippen LogP contribution in [0.25, 0.3) is 0 Å². The number of hydrogen-bond donors (Lipinski definition) is 0. The van der Waals surface area contributed by atoms with Crippen LogP contribution in [0.2, 0.25) is 0 Å². The number of amides is 1. The zero-order valence-electron chi connectivity index (χ0n) is 16.0. The number of carbonyl (C=O) groups is 1. The molecule has 3 rings (SSSR count). The Morgan fingerprint density at radius 1 is 1.12 bits per heavy atom. The fourth-order valence-corrected chi connectivity index (χ4v) is 4.99. The Morgan fingerprint density at radius 2 is 1.88 bits per heavy atom. The second-order valence-corrected chi connectivity index (χ2v) is 8.53.